The molecule has 0 aliphatic heterocycles. The molecule has 19 heavy (non-hydrogen) atoms. The Balaban J connectivity index is 2.96. The molecule has 1 aromatic carbocycles. The van der Waals surface area contributed by atoms with Crippen molar-refractivity contribution in [1.29, 1.82) is 0 Å². The topological polar surface area (TPSA) is 49.8 Å². The molecule has 1 aromatic rings. The van der Waals surface area contributed by atoms with E-state index >= 15 is 0 Å². The monoisotopic (exact) mass is 263 g/mol. The molecule has 0 unspecified atom stereocenters. The Morgan fingerprint density at radius 2 is 2.05 bits per heavy atom. The smallest absolute Gasteiger partial charge is 0.328 e. The zero-order valence-corrected chi connectivity index (χ0v) is 11.9. The van der Waals surface area contributed by atoms with Crippen molar-refractivity contribution >= 4 is 12.0 Å². The van der Waals surface area contributed by atoms with Crippen LogP contribution in [-0.2, 0) is 4.79 Å². The van der Waals surface area contributed by atoms with Crippen LogP contribution >= 0.6 is 0 Å². The highest BCUT2D eigenvalue weighted by atomic mass is 16.5. The van der Waals surface area contributed by atoms with Crippen LogP contribution in [-0.4, -0.2) is 43.2 Å². The van der Waals surface area contributed by atoms with Crippen molar-refractivity contribution < 1.29 is 14.6 Å². The predicted molar refractivity (Wildman–Crippen MR) is 76.6 cm³/mol. The van der Waals surface area contributed by atoms with Crippen molar-refractivity contribution in [2.75, 3.05) is 27.2 Å². The van der Waals surface area contributed by atoms with Crippen molar-refractivity contribution in [2.24, 2.45) is 0 Å². The van der Waals surface area contributed by atoms with Gasteiger partial charge in [-0.05, 0) is 45.6 Å². The highest BCUT2D eigenvalue weighted by Gasteiger charge is 2.07. The van der Waals surface area contributed by atoms with E-state index in [0.717, 1.165) is 35.1 Å². The van der Waals surface area contributed by atoms with Crippen LogP contribution in [0.2, 0.25) is 0 Å². The minimum Gasteiger partial charge on any atom is -0.491 e. The normalized spacial score (nSPS) is 11.2. The summed E-state index contributed by atoms with van der Waals surface area (Å²) < 4.78 is 5.78. The van der Waals surface area contributed by atoms with Gasteiger partial charge in [0.1, 0.15) is 12.4 Å². The average Bonchev–Trinajstić information content (AvgIpc) is 2.28. The summed E-state index contributed by atoms with van der Waals surface area (Å²) in [6.45, 7) is 5.34. The molecule has 0 atom stereocenters. The van der Waals surface area contributed by atoms with Crippen molar-refractivity contribution in [1.82, 2.24) is 4.90 Å². The summed E-state index contributed by atoms with van der Waals surface area (Å²) in [6.07, 6.45) is 2.71. The molecule has 0 radical (unpaired) electrons. The Labute approximate surface area is 114 Å². The lowest BCUT2D eigenvalue weighted by Crippen LogP contribution is -2.19. The zero-order valence-electron chi connectivity index (χ0n) is 11.9. The van der Waals surface area contributed by atoms with Crippen LogP contribution in [0.5, 0.6) is 5.75 Å². The third-order valence-corrected chi connectivity index (χ3v) is 2.64. The molecule has 0 spiro atoms. The van der Waals surface area contributed by atoms with Crippen LogP contribution in [0, 0.1) is 13.8 Å². The number of aryl methyl sites for hydroxylation is 2. The first-order valence-corrected chi connectivity index (χ1v) is 6.20. The SMILES string of the molecule is Cc1cc(C)c(OCCN(C)C)c(/C=C/C(=O)O)c1. The van der Waals surface area contributed by atoms with E-state index in [0.29, 0.717) is 6.61 Å². The quantitative estimate of drug-likeness (QED) is 0.800. The molecule has 0 aliphatic carbocycles. The van der Waals surface area contributed by atoms with Crippen LogP contribution in [0.3, 0.4) is 0 Å². The number of likely N-dealkylation sites (N-methyl/N-ethyl adjacent to an activating group) is 1. The number of hydrogen-bond acceptors (Lipinski definition) is 3. The first-order chi connectivity index (χ1) is 8.90. The number of ether oxygens (including phenoxy) is 1. The van der Waals surface area contributed by atoms with Crippen LogP contribution in [0.1, 0.15) is 16.7 Å². The van der Waals surface area contributed by atoms with Crippen LogP contribution in [0.4, 0.5) is 0 Å². The highest BCUT2D eigenvalue weighted by Crippen LogP contribution is 2.26. The number of carboxylic acid groups (broad SMARTS) is 1. The van der Waals surface area contributed by atoms with E-state index in [1.807, 2.05) is 45.0 Å². The number of hydrogen-bond donors (Lipinski definition) is 1. The molecule has 1 N–H and O–H groups in total. The maximum atomic E-state index is 10.6. The van der Waals surface area contributed by atoms with Gasteiger partial charge in [0.25, 0.3) is 0 Å². The van der Waals surface area contributed by atoms with Gasteiger partial charge in [-0.1, -0.05) is 11.6 Å². The fourth-order valence-corrected chi connectivity index (χ4v) is 1.80. The number of aliphatic carboxylic acids is 1. The van der Waals surface area contributed by atoms with E-state index in [-0.39, 0.29) is 0 Å². The lowest BCUT2D eigenvalue weighted by Gasteiger charge is -2.15. The molecule has 4 heteroatoms. The van der Waals surface area contributed by atoms with Gasteiger partial charge in [-0.15, -0.1) is 0 Å². The summed E-state index contributed by atoms with van der Waals surface area (Å²) in [4.78, 5) is 12.7. The second-order valence-corrected chi connectivity index (χ2v) is 4.82. The zero-order chi connectivity index (χ0) is 14.4. The Kier molecular flexibility index (Phi) is 5.57. The Hall–Kier alpha value is -1.81. The predicted octanol–water partition coefficient (Wildman–Crippen LogP) is 2.34. The number of carboxylic acids is 1. The summed E-state index contributed by atoms with van der Waals surface area (Å²) >= 11 is 0. The van der Waals surface area contributed by atoms with Gasteiger partial charge in [-0.3, -0.25) is 0 Å². The standard InChI is InChI=1S/C15H21NO3/c1-11-9-12(2)15(19-8-7-16(3)4)13(10-11)5-6-14(17)18/h5-6,9-10H,7-8H2,1-4H3,(H,17,18)/b6-5+. The first kappa shape index (κ1) is 15.2. The average molecular weight is 263 g/mol. The third-order valence-electron chi connectivity index (χ3n) is 2.64. The van der Waals surface area contributed by atoms with E-state index < -0.39 is 5.97 Å². The summed E-state index contributed by atoms with van der Waals surface area (Å²) in [5, 5.41) is 8.72. The van der Waals surface area contributed by atoms with E-state index in [9.17, 15) is 4.79 Å². The van der Waals surface area contributed by atoms with Crippen molar-refractivity contribution in [3.05, 3.63) is 34.9 Å². The lowest BCUT2D eigenvalue weighted by atomic mass is 10.1. The van der Waals surface area contributed by atoms with Gasteiger partial charge >= 0.3 is 5.97 Å². The van der Waals surface area contributed by atoms with Crippen molar-refractivity contribution in [2.45, 2.75) is 13.8 Å². The van der Waals surface area contributed by atoms with E-state index in [2.05, 4.69) is 0 Å². The van der Waals surface area contributed by atoms with Gasteiger partial charge in [-0.25, -0.2) is 4.79 Å². The van der Waals surface area contributed by atoms with Crippen molar-refractivity contribution in [3.63, 3.8) is 0 Å². The molecule has 0 bridgehead atoms. The van der Waals surface area contributed by atoms with Crippen LogP contribution in [0.25, 0.3) is 6.08 Å². The molecule has 0 saturated carbocycles. The summed E-state index contributed by atoms with van der Waals surface area (Å²) in [6, 6.07) is 3.96. The molecular weight excluding hydrogens is 242 g/mol. The Morgan fingerprint density at radius 3 is 2.63 bits per heavy atom. The maximum Gasteiger partial charge on any atom is 0.328 e. The molecule has 0 fully saturated rings. The molecule has 0 saturated heterocycles. The summed E-state index contributed by atoms with van der Waals surface area (Å²) in [5.74, 6) is -0.205. The van der Waals surface area contributed by atoms with Crippen molar-refractivity contribution in [3.8, 4) is 5.75 Å². The number of nitrogens with zero attached hydrogens (tertiary/aromatic N) is 1. The Bertz CT molecular complexity index is 479. The summed E-state index contributed by atoms with van der Waals surface area (Å²) in [5.41, 5.74) is 2.91. The summed E-state index contributed by atoms with van der Waals surface area (Å²) in [7, 11) is 3.97. The molecule has 0 aliphatic rings. The van der Waals surface area contributed by atoms with Gasteiger partial charge in [-0.2, -0.15) is 0 Å². The number of rotatable bonds is 6. The fraction of sp³-hybridized carbons (Fsp3) is 0.400. The van der Waals surface area contributed by atoms with Gasteiger partial charge in [0.15, 0.2) is 0 Å². The fourth-order valence-electron chi connectivity index (χ4n) is 1.80. The molecule has 1 rings (SSSR count). The van der Waals surface area contributed by atoms with E-state index in [1.54, 1.807) is 6.08 Å². The molecular formula is C15H21NO3. The third kappa shape index (κ3) is 5.14. The molecule has 4 nitrogen and oxygen atoms in total. The van der Waals surface area contributed by atoms with Gasteiger partial charge in [0.05, 0.1) is 0 Å². The lowest BCUT2D eigenvalue weighted by molar-refractivity contribution is -0.131. The molecule has 0 amide bonds. The molecule has 104 valence electrons. The molecule has 0 aromatic heterocycles. The largest absolute Gasteiger partial charge is 0.491 e. The van der Waals surface area contributed by atoms with Gasteiger partial charge in [0, 0.05) is 18.2 Å². The Morgan fingerprint density at radius 1 is 1.37 bits per heavy atom. The van der Waals surface area contributed by atoms with E-state index in [4.69, 9.17) is 9.84 Å². The van der Waals surface area contributed by atoms with Gasteiger partial charge < -0.3 is 14.7 Å². The van der Waals surface area contributed by atoms with Gasteiger partial charge in [0.2, 0.25) is 0 Å². The second kappa shape index (κ2) is 6.95. The molecule has 0 heterocycles. The second-order valence-electron chi connectivity index (χ2n) is 4.82. The highest BCUT2D eigenvalue weighted by molar-refractivity contribution is 5.86. The minimum atomic E-state index is -0.960. The van der Waals surface area contributed by atoms with E-state index in [1.165, 1.54) is 0 Å². The van der Waals surface area contributed by atoms with Crippen LogP contribution in [0.15, 0.2) is 18.2 Å². The van der Waals surface area contributed by atoms with Crippen LogP contribution < -0.4 is 4.74 Å². The first-order valence-electron chi connectivity index (χ1n) is 6.20. The number of carbonyl (C=O) groups is 1. The maximum absolute atomic E-state index is 10.6. The number of benzene rings is 1. The minimum absolute atomic E-state index is 0.574.